The summed E-state index contributed by atoms with van der Waals surface area (Å²) in [5.74, 6) is 1.74. The van der Waals surface area contributed by atoms with E-state index in [0.29, 0.717) is 5.41 Å². The Labute approximate surface area is 97.8 Å². The molecule has 0 aromatic heterocycles. The largest absolute Gasteiger partial charge is 0.0628 e. The molecule has 0 aromatic rings. The van der Waals surface area contributed by atoms with Gasteiger partial charge in [-0.15, -0.1) is 0 Å². The molecule has 15 heavy (non-hydrogen) atoms. The second-order valence-corrected chi connectivity index (χ2v) is 6.74. The highest BCUT2D eigenvalue weighted by Gasteiger charge is 2.17. The van der Waals surface area contributed by atoms with E-state index < -0.39 is 0 Å². The molecular formula is C15H32. The van der Waals surface area contributed by atoms with E-state index >= 15 is 0 Å². The second-order valence-electron chi connectivity index (χ2n) is 6.74. The van der Waals surface area contributed by atoms with Crippen LogP contribution in [0.4, 0.5) is 0 Å². The normalized spacial score (nSPS) is 12.8. The predicted molar refractivity (Wildman–Crippen MR) is 71.2 cm³/mol. The first-order valence-electron chi connectivity index (χ1n) is 6.83. The third kappa shape index (κ3) is 10.3. The summed E-state index contributed by atoms with van der Waals surface area (Å²) in [5.41, 5.74) is 0.573. The summed E-state index contributed by atoms with van der Waals surface area (Å²) in [4.78, 5) is 0. The van der Waals surface area contributed by atoms with Gasteiger partial charge in [-0.05, 0) is 30.1 Å². The molecule has 0 nitrogen and oxygen atoms in total. The molecule has 0 saturated carbocycles. The van der Waals surface area contributed by atoms with E-state index in [4.69, 9.17) is 0 Å². The van der Waals surface area contributed by atoms with E-state index in [0.717, 1.165) is 11.8 Å². The van der Waals surface area contributed by atoms with E-state index in [1.807, 2.05) is 0 Å². The van der Waals surface area contributed by atoms with Crippen LogP contribution in [0.2, 0.25) is 0 Å². The summed E-state index contributed by atoms with van der Waals surface area (Å²) in [6, 6.07) is 0. The zero-order chi connectivity index (χ0) is 11.9. The zero-order valence-corrected chi connectivity index (χ0v) is 11.9. The summed E-state index contributed by atoms with van der Waals surface area (Å²) in [5, 5.41) is 0. The second kappa shape index (κ2) is 7.30. The van der Waals surface area contributed by atoms with Gasteiger partial charge in [-0.25, -0.2) is 0 Å². The fourth-order valence-corrected chi connectivity index (χ4v) is 2.10. The van der Waals surface area contributed by atoms with Crippen LogP contribution < -0.4 is 0 Å². The van der Waals surface area contributed by atoms with Gasteiger partial charge in [-0.3, -0.25) is 0 Å². The Balaban J connectivity index is 3.57. The van der Waals surface area contributed by atoms with Gasteiger partial charge in [0.1, 0.15) is 0 Å². The molecule has 0 spiro atoms. The maximum atomic E-state index is 2.44. The van der Waals surface area contributed by atoms with E-state index in [1.54, 1.807) is 0 Å². The van der Waals surface area contributed by atoms with Crippen molar-refractivity contribution in [2.24, 2.45) is 17.3 Å². The highest BCUT2D eigenvalue weighted by atomic mass is 14.2. The molecule has 0 N–H and O–H groups in total. The number of hydrogen-bond donors (Lipinski definition) is 0. The van der Waals surface area contributed by atoms with Crippen LogP contribution in [0.5, 0.6) is 0 Å². The molecule has 0 aliphatic carbocycles. The van der Waals surface area contributed by atoms with E-state index in [-0.39, 0.29) is 0 Å². The Morgan fingerprint density at radius 1 is 0.733 bits per heavy atom. The number of rotatable bonds is 8. The van der Waals surface area contributed by atoms with E-state index in [2.05, 4.69) is 41.5 Å². The van der Waals surface area contributed by atoms with Gasteiger partial charge in [-0.1, -0.05) is 67.2 Å². The average molecular weight is 212 g/mol. The lowest BCUT2D eigenvalue weighted by Gasteiger charge is -2.25. The summed E-state index contributed by atoms with van der Waals surface area (Å²) < 4.78 is 0. The van der Waals surface area contributed by atoms with Crippen molar-refractivity contribution in [1.29, 1.82) is 0 Å². The maximum absolute atomic E-state index is 2.44. The molecular weight excluding hydrogens is 180 g/mol. The third-order valence-corrected chi connectivity index (χ3v) is 3.27. The van der Waals surface area contributed by atoms with Crippen molar-refractivity contribution in [3.05, 3.63) is 0 Å². The van der Waals surface area contributed by atoms with Crippen LogP contribution in [0.15, 0.2) is 0 Å². The molecule has 0 saturated heterocycles. The first kappa shape index (κ1) is 15.0. The van der Waals surface area contributed by atoms with Crippen molar-refractivity contribution in [2.45, 2.75) is 80.1 Å². The van der Waals surface area contributed by atoms with Gasteiger partial charge in [-0.2, -0.15) is 0 Å². The lowest BCUT2D eigenvalue weighted by Crippen LogP contribution is -2.12. The smallest absolute Gasteiger partial charge is 0.0354 e. The lowest BCUT2D eigenvalue weighted by atomic mass is 9.81. The molecule has 0 unspecified atom stereocenters. The molecule has 0 aromatic carbocycles. The van der Waals surface area contributed by atoms with Crippen molar-refractivity contribution in [2.75, 3.05) is 0 Å². The van der Waals surface area contributed by atoms with Gasteiger partial charge in [0.25, 0.3) is 0 Å². The molecule has 0 aliphatic rings. The SMILES string of the molecule is CC(C)CCCC(C)(C)CCCC(C)C. The van der Waals surface area contributed by atoms with Gasteiger partial charge >= 0.3 is 0 Å². The van der Waals surface area contributed by atoms with Gasteiger partial charge in [0.2, 0.25) is 0 Å². The van der Waals surface area contributed by atoms with Gasteiger partial charge < -0.3 is 0 Å². The summed E-state index contributed by atoms with van der Waals surface area (Å²) in [6.07, 6.45) is 8.42. The summed E-state index contributed by atoms with van der Waals surface area (Å²) in [6.45, 7) is 14.2. The van der Waals surface area contributed by atoms with Crippen molar-refractivity contribution in [1.82, 2.24) is 0 Å². The molecule has 0 aliphatic heterocycles. The first-order chi connectivity index (χ1) is 6.83. The molecule has 0 radical (unpaired) electrons. The number of hydrogen-bond acceptors (Lipinski definition) is 0. The summed E-state index contributed by atoms with van der Waals surface area (Å²) >= 11 is 0. The Morgan fingerprint density at radius 2 is 1.07 bits per heavy atom. The lowest BCUT2D eigenvalue weighted by molar-refractivity contribution is 0.273. The van der Waals surface area contributed by atoms with Crippen LogP contribution >= 0.6 is 0 Å². The van der Waals surface area contributed by atoms with Crippen LogP contribution in [0.3, 0.4) is 0 Å². The van der Waals surface area contributed by atoms with Crippen LogP contribution in [-0.2, 0) is 0 Å². The molecule has 0 rings (SSSR count). The fraction of sp³-hybridized carbons (Fsp3) is 1.00. The maximum Gasteiger partial charge on any atom is -0.0354 e. The Bertz CT molecular complexity index is 126. The highest BCUT2D eigenvalue weighted by molar-refractivity contribution is 4.69. The molecule has 0 atom stereocenters. The monoisotopic (exact) mass is 212 g/mol. The fourth-order valence-electron chi connectivity index (χ4n) is 2.10. The molecule has 92 valence electrons. The average Bonchev–Trinajstić information content (AvgIpc) is 2.01. The van der Waals surface area contributed by atoms with Gasteiger partial charge in [0, 0.05) is 0 Å². The zero-order valence-electron chi connectivity index (χ0n) is 11.9. The van der Waals surface area contributed by atoms with Gasteiger partial charge in [0.15, 0.2) is 0 Å². The Morgan fingerprint density at radius 3 is 1.33 bits per heavy atom. The molecule has 0 heteroatoms. The predicted octanol–water partition coefficient (Wildman–Crippen LogP) is 5.67. The molecule has 0 amide bonds. The van der Waals surface area contributed by atoms with Crippen LogP contribution in [0.1, 0.15) is 80.1 Å². The highest BCUT2D eigenvalue weighted by Crippen LogP contribution is 2.30. The third-order valence-electron chi connectivity index (χ3n) is 3.27. The Hall–Kier alpha value is 0. The van der Waals surface area contributed by atoms with E-state index in [9.17, 15) is 0 Å². The first-order valence-corrected chi connectivity index (χ1v) is 6.83. The minimum Gasteiger partial charge on any atom is -0.0628 e. The van der Waals surface area contributed by atoms with Crippen LogP contribution in [0, 0.1) is 17.3 Å². The van der Waals surface area contributed by atoms with Crippen LogP contribution in [-0.4, -0.2) is 0 Å². The van der Waals surface area contributed by atoms with Crippen molar-refractivity contribution < 1.29 is 0 Å². The van der Waals surface area contributed by atoms with Crippen molar-refractivity contribution in [3.63, 3.8) is 0 Å². The Kier molecular flexibility index (Phi) is 7.30. The quantitative estimate of drug-likeness (QED) is 0.486. The minimum atomic E-state index is 0.573. The molecule has 0 bridgehead atoms. The minimum absolute atomic E-state index is 0.573. The van der Waals surface area contributed by atoms with Gasteiger partial charge in [0.05, 0.1) is 0 Å². The van der Waals surface area contributed by atoms with Crippen molar-refractivity contribution >= 4 is 0 Å². The topological polar surface area (TPSA) is 0 Å². The van der Waals surface area contributed by atoms with E-state index in [1.165, 1.54) is 38.5 Å². The standard InChI is InChI=1S/C15H32/c1-13(2)9-7-11-15(5,6)12-8-10-14(3)4/h13-14H,7-12H2,1-6H3. The van der Waals surface area contributed by atoms with Crippen LogP contribution in [0.25, 0.3) is 0 Å². The summed E-state index contributed by atoms with van der Waals surface area (Å²) in [7, 11) is 0. The van der Waals surface area contributed by atoms with Crippen molar-refractivity contribution in [3.8, 4) is 0 Å². The molecule has 0 fully saturated rings. The molecule has 0 heterocycles.